The highest BCUT2D eigenvalue weighted by atomic mass is 32.1. The Labute approximate surface area is 113 Å². The van der Waals surface area contributed by atoms with Crippen molar-refractivity contribution in [3.63, 3.8) is 0 Å². The fourth-order valence-corrected chi connectivity index (χ4v) is 1.98. The van der Waals surface area contributed by atoms with Crippen LogP contribution >= 0.6 is 24.0 Å². The van der Waals surface area contributed by atoms with E-state index in [4.69, 9.17) is 0 Å². The van der Waals surface area contributed by atoms with Crippen LogP contribution in [-0.2, 0) is 0 Å². The average molecular weight is 281 g/mol. The lowest BCUT2D eigenvalue weighted by Gasteiger charge is -2.03. The van der Waals surface area contributed by atoms with E-state index in [1.165, 1.54) is 17.4 Å². The predicted molar refractivity (Wildman–Crippen MR) is 73.8 cm³/mol. The van der Waals surface area contributed by atoms with Gasteiger partial charge in [0.2, 0.25) is 5.13 Å². The molecule has 0 unspecified atom stereocenters. The van der Waals surface area contributed by atoms with Gasteiger partial charge in [0.1, 0.15) is 11.4 Å². The second kappa shape index (κ2) is 5.32. The fourth-order valence-electron chi connectivity index (χ4n) is 1.14. The molecule has 0 fully saturated rings. The summed E-state index contributed by atoms with van der Waals surface area (Å²) in [7, 11) is 3.74. The summed E-state index contributed by atoms with van der Waals surface area (Å²) in [6.07, 6.45) is 0. The molecule has 2 rings (SSSR count). The quantitative estimate of drug-likeness (QED) is 0.670. The zero-order valence-electron chi connectivity index (χ0n) is 9.77. The molecule has 0 saturated carbocycles. The van der Waals surface area contributed by atoms with Crippen LogP contribution in [0, 0.1) is 0 Å². The maximum Gasteiger partial charge on any atom is 0.253 e. The molecular weight excluding hydrogens is 270 g/mol. The molecule has 2 aromatic rings. The summed E-state index contributed by atoms with van der Waals surface area (Å²) in [5, 5.41) is 26.5. The molecule has 1 aromatic heterocycles. The first-order valence-corrected chi connectivity index (χ1v) is 6.28. The maximum atomic E-state index is 9.62. The molecule has 0 saturated heterocycles. The van der Waals surface area contributed by atoms with Gasteiger partial charge in [-0.2, -0.15) is 0 Å². The van der Waals surface area contributed by atoms with Crippen LogP contribution < -0.4 is 4.90 Å². The third-order valence-corrected chi connectivity index (χ3v) is 3.35. The van der Waals surface area contributed by atoms with Crippen LogP contribution in [0.4, 0.5) is 16.0 Å². The van der Waals surface area contributed by atoms with Gasteiger partial charge in [0.25, 0.3) is 5.13 Å². The number of thiol groups is 1. The smallest absolute Gasteiger partial charge is 0.253 e. The van der Waals surface area contributed by atoms with Gasteiger partial charge < -0.3 is 10.0 Å². The molecule has 8 heteroatoms. The van der Waals surface area contributed by atoms with Crippen LogP contribution in [0.2, 0.25) is 0 Å². The molecule has 1 aromatic carbocycles. The van der Waals surface area contributed by atoms with E-state index in [-0.39, 0.29) is 5.75 Å². The molecule has 1 heterocycles. The van der Waals surface area contributed by atoms with Crippen molar-refractivity contribution in [1.29, 1.82) is 0 Å². The van der Waals surface area contributed by atoms with Gasteiger partial charge >= 0.3 is 0 Å². The van der Waals surface area contributed by atoms with Crippen LogP contribution in [0.1, 0.15) is 0 Å². The first kappa shape index (κ1) is 12.8. The number of phenols is 1. The number of rotatable bonds is 3. The lowest BCUT2D eigenvalue weighted by Crippen LogP contribution is -2.07. The molecule has 0 amide bonds. The van der Waals surface area contributed by atoms with Gasteiger partial charge in [0.05, 0.1) is 0 Å². The minimum Gasteiger partial charge on any atom is -0.506 e. The van der Waals surface area contributed by atoms with E-state index in [9.17, 15) is 5.11 Å². The Bertz CT molecular complexity index is 561. The van der Waals surface area contributed by atoms with Crippen molar-refractivity contribution in [1.82, 2.24) is 10.2 Å². The molecule has 0 bridgehead atoms. The van der Waals surface area contributed by atoms with E-state index in [0.717, 1.165) is 5.13 Å². The molecule has 0 radical (unpaired) electrons. The first-order chi connectivity index (χ1) is 8.58. The van der Waals surface area contributed by atoms with Crippen LogP contribution in [0.25, 0.3) is 0 Å². The summed E-state index contributed by atoms with van der Waals surface area (Å²) in [5.41, 5.74) is 0.322. The Balaban J connectivity index is 2.24. The van der Waals surface area contributed by atoms with Crippen molar-refractivity contribution in [2.24, 2.45) is 10.2 Å². The van der Waals surface area contributed by atoms with Crippen molar-refractivity contribution in [3.05, 3.63) is 18.2 Å². The topological polar surface area (TPSA) is 74.0 Å². The molecule has 1 N–H and O–H groups in total. The summed E-state index contributed by atoms with van der Waals surface area (Å²) >= 11 is 5.51. The monoisotopic (exact) mass is 281 g/mol. The van der Waals surface area contributed by atoms with Crippen molar-refractivity contribution in [2.75, 3.05) is 19.0 Å². The minimum absolute atomic E-state index is 0.0311. The largest absolute Gasteiger partial charge is 0.506 e. The molecule has 0 spiro atoms. The maximum absolute atomic E-state index is 9.62. The van der Waals surface area contributed by atoms with E-state index in [2.05, 4.69) is 33.1 Å². The summed E-state index contributed by atoms with van der Waals surface area (Å²) in [6, 6.07) is 4.94. The molecule has 18 heavy (non-hydrogen) atoms. The van der Waals surface area contributed by atoms with Crippen molar-refractivity contribution in [3.8, 4) is 5.75 Å². The molecule has 0 aliphatic carbocycles. The Hall–Kier alpha value is -1.67. The van der Waals surface area contributed by atoms with Gasteiger partial charge in [-0.25, -0.2) is 0 Å². The SMILES string of the molecule is CN(C)c1nnc(N=Nc2c(O)cccc2S)s1. The van der Waals surface area contributed by atoms with Crippen LogP contribution in [-0.4, -0.2) is 29.4 Å². The second-order valence-electron chi connectivity index (χ2n) is 3.61. The predicted octanol–water partition coefficient (Wildman–Crippen LogP) is 3.01. The summed E-state index contributed by atoms with van der Waals surface area (Å²) in [5.74, 6) is 0.0311. The summed E-state index contributed by atoms with van der Waals surface area (Å²) in [4.78, 5) is 2.39. The van der Waals surface area contributed by atoms with Crippen LogP contribution in [0.15, 0.2) is 33.3 Å². The Morgan fingerprint density at radius 3 is 2.67 bits per heavy atom. The standard InChI is InChI=1S/C10H11N5OS2/c1-15(2)10-14-13-9(18-10)12-11-8-6(16)4-3-5-7(8)17/h3-5,16-17H,1-2H3. The zero-order chi connectivity index (χ0) is 13.1. The molecule has 0 aliphatic heterocycles. The number of anilines is 1. The number of aromatic nitrogens is 2. The molecule has 0 atom stereocenters. The Morgan fingerprint density at radius 1 is 1.28 bits per heavy atom. The van der Waals surface area contributed by atoms with Gasteiger partial charge in [0, 0.05) is 19.0 Å². The number of phenolic OH excluding ortho intramolecular Hbond substituents is 1. The highest BCUT2D eigenvalue weighted by molar-refractivity contribution is 7.80. The van der Waals surface area contributed by atoms with Gasteiger partial charge in [-0.15, -0.1) is 33.1 Å². The number of nitrogens with zero attached hydrogens (tertiary/aromatic N) is 5. The number of hydrogen-bond acceptors (Lipinski definition) is 8. The van der Waals surface area contributed by atoms with E-state index in [1.54, 1.807) is 12.1 Å². The van der Waals surface area contributed by atoms with Gasteiger partial charge in [0.15, 0.2) is 0 Å². The van der Waals surface area contributed by atoms with E-state index in [0.29, 0.717) is 15.7 Å². The highest BCUT2D eigenvalue weighted by Crippen LogP contribution is 2.34. The molecule has 94 valence electrons. The average Bonchev–Trinajstić information content (AvgIpc) is 2.77. The van der Waals surface area contributed by atoms with Crippen molar-refractivity contribution < 1.29 is 5.11 Å². The van der Waals surface area contributed by atoms with Crippen molar-refractivity contribution in [2.45, 2.75) is 4.90 Å². The summed E-state index contributed by atoms with van der Waals surface area (Å²) in [6.45, 7) is 0. The number of hydrogen-bond donors (Lipinski definition) is 2. The fraction of sp³-hybridized carbons (Fsp3) is 0.200. The summed E-state index contributed by atoms with van der Waals surface area (Å²) < 4.78 is 0. The highest BCUT2D eigenvalue weighted by Gasteiger charge is 2.06. The molecular formula is C10H11N5OS2. The molecule has 6 nitrogen and oxygen atoms in total. The number of benzene rings is 1. The number of aromatic hydroxyl groups is 1. The lowest BCUT2D eigenvalue weighted by atomic mass is 10.3. The van der Waals surface area contributed by atoms with E-state index in [1.807, 2.05) is 19.0 Å². The third kappa shape index (κ3) is 2.77. The van der Waals surface area contributed by atoms with Gasteiger partial charge in [-0.1, -0.05) is 17.4 Å². The third-order valence-electron chi connectivity index (χ3n) is 2.02. The van der Waals surface area contributed by atoms with Gasteiger partial charge in [-0.3, -0.25) is 0 Å². The first-order valence-electron chi connectivity index (χ1n) is 5.01. The normalized spacial score (nSPS) is 11.1. The zero-order valence-corrected chi connectivity index (χ0v) is 11.5. The Kier molecular flexibility index (Phi) is 3.78. The molecule has 0 aliphatic rings. The van der Waals surface area contributed by atoms with E-state index >= 15 is 0 Å². The number of azo groups is 1. The van der Waals surface area contributed by atoms with Crippen LogP contribution in [0.3, 0.4) is 0 Å². The second-order valence-corrected chi connectivity index (χ2v) is 5.02. The van der Waals surface area contributed by atoms with E-state index < -0.39 is 0 Å². The minimum atomic E-state index is 0.0311. The van der Waals surface area contributed by atoms with Gasteiger partial charge in [-0.05, 0) is 12.1 Å². The lowest BCUT2D eigenvalue weighted by molar-refractivity contribution is 0.475. The Morgan fingerprint density at radius 2 is 2.06 bits per heavy atom. The van der Waals surface area contributed by atoms with Crippen LogP contribution in [0.5, 0.6) is 5.75 Å². The van der Waals surface area contributed by atoms with Crippen molar-refractivity contribution >= 4 is 39.9 Å².